The first-order chi connectivity index (χ1) is 12.5. The Morgan fingerprint density at radius 1 is 1.00 bits per heavy atom. The molecule has 0 aliphatic carbocycles. The van der Waals surface area contributed by atoms with Crippen molar-refractivity contribution < 1.29 is 4.79 Å². The Labute approximate surface area is 166 Å². The number of benzene rings is 2. The molecule has 1 N–H and O–H groups in total. The molecule has 1 aromatic heterocycles. The van der Waals surface area contributed by atoms with Gasteiger partial charge in [-0.05, 0) is 41.8 Å². The second-order valence-electron chi connectivity index (χ2n) is 5.78. The van der Waals surface area contributed by atoms with E-state index in [2.05, 4.69) is 17.3 Å². The van der Waals surface area contributed by atoms with Crippen molar-refractivity contribution in [2.45, 2.75) is 19.9 Å². The number of nitrogens with one attached hydrogen (secondary N) is 1. The average Bonchev–Trinajstić information content (AvgIpc) is 2.97. The number of hydrogen-bond acceptors (Lipinski definition) is 2. The van der Waals surface area contributed by atoms with Crippen LogP contribution in [0.15, 0.2) is 48.7 Å². The molecule has 0 atom stereocenters. The molecule has 3 aromatic rings. The Morgan fingerprint density at radius 2 is 1.69 bits per heavy atom. The number of halogens is 3. The minimum atomic E-state index is -0.255. The minimum Gasteiger partial charge on any atom is -0.304 e. The predicted octanol–water partition coefficient (Wildman–Crippen LogP) is 5.71. The first-order valence-electron chi connectivity index (χ1n) is 8.03. The van der Waals surface area contributed by atoms with E-state index in [-0.39, 0.29) is 5.91 Å². The van der Waals surface area contributed by atoms with Crippen molar-refractivity contribution in [3.05, 3.63) is 80.4 Å². The lowest BCUT2D eigenvalue weighted by molar-refractivity contribution is 0.102. The van der Waals surface area contributed by atoms with E-state index < -0.39 is 0 Å². The molecule has 3 rings (SSSR count). The van der Waals surface area contributed by atoms with Crippen LogP contribution < -0.4 is 5.32 Å². The summed E-state index contributed by atoms with van der Waals surface area (Å²) in [6, 6.07) is 12.8. The molecule has 0 aliphatic rings. The predicted molar refractivity (Wildman–Crippen MR) is 107 cm³/mol. The zero-order valence-corrected chi connectivity index (χ0v) is 16.2. The van der Waals surface area contributed by atoms with Gasteiger partial charge in [-0.15, -0.1) is 0 Å². The number of carbonyl (C=O) groups is 1. The van der Waals surface area contributed by atoms with Gasteiger partial charge in [-0.3, -0.25) is 9.48 Å². The fraction of sp³-hybridized carbons (Fsp3) is 0.158. The molecule has 134 valence electrons. The van der Waals surface area contributed by atoms with E-state index in [1.54, 1.807) is 35.1 Å². The summed E-state index contributed by atoms with van der Waals surface area (Å²) in [6.45, 7) is 2.52. The molecular weight excluding hydrogens is 393 g/mol. The van der Waals surface area contributed by atoms with E-state index in [0.717, 1.165) is 12.0 Å². The third-order valence-corrected chi connectivity index (χ3v) is 4.92. The topological polar surface area (TPSA) is 46.9 Å². The van der Waals surface area contributed by atoms with Gasteiger partial charge in [0.25, 0.3) is 5.91 Å². The highest BCUT2D eigenvalue weighted by molar-refractivity contribution is 6.42. The van der Waals surface area contributed by atoms with Gasteiger partial charge >= 0.3 is 0 Å². The Kier molecular flexibility index (Phi) is 5.87. The largest absolute Gasteiger partial charge is 0.304 e. The lowest BCUT2D eigenvalue weighted by Gasteiger charge is -2.05. The molecule has 4 nitrogen and oxygen atoms in total. The van der Waals surface area contributed by atoms with Crippen LogP contribution in [0.5, 0.6) is 0 Å². The summed E-state index contributed by atoms with van der Waals surface area (Å²) >= 11 is 18.2. The lowest BCUT2D eigenvalue weighted by atomic mass is 10.1. The summed E-state index contributed by atoms with van der Waals surface area (Å²) in [5.74, 6) is 0.0608. The van der Waals surface area contributed by atoms with Crippen molar-refractivity contribution >= 4 is 46.5 Å². The number of anilines is 1. The number of aryl methyl sites for hydroxylation is 1. The molecule has 1 amide bonds. The van der Waals surface area contributed by atoms with Crippen molar-refractivity contribution in [1.82, 2.24) is 9.78 Å². The maximum atomic E-state index is 12.4. The van der Waals surface area contributed by atoms with Crippen LogP contribution in [0.2, 0.25) is 15.1 Å². The monoisotopic (exact) mass is 407 g/mol. The highest BCUT2D eigenvalue weighted by atomic mass is 35.5. The maximum Gasteiger partial charge on any atom is 0.256 e. The first kappa shape index (κ1) is 18.8. The maximum absolute atomic E-state index is 12.4. The van der Waals surface area contributed by atoms with Crippen molar-refractivity contribution in [1.29, 1.82) is 0 Å². The number of aromatic nitrogens is 2. The molecule has 0 unspecified atom stereocenters. The molecule has 0 saturated carbocycles. The van der Waals surface area contributed by atoms with Crippen molar-refractivity contribution in [3.8, 4) is 0 Å². The zero-order chi connectivity index (χ0) is 18.7. The molecule has 0 radical (unpaired) electrons. The molecule has 2 aromatic carbocycles. The summed E-state index contributed by atoms with van der Waals surface area (Å²) in [5, 5.41) is 8.41. The van der Waals surface area contributed by atoms with Crippen molar-refractivity contribution in [2.75, 3.05) is 5.32 Å². The smallest absolute Gasteiger partial charge is 0.256 e. The summed E-state index contributed by atoms with van der Waals surface area (Å²) in [7, 11) is 0. The molecule has 0 bridgehead atoms. The average molecular weight is 409 g/mol. The van der Waals surface area contributed by atoms with Crippen molar-refractivity contribution in [3.63, 3.8) is 0 Å². The summed E-state index contributed by atoms with van der Waals surface area (Å²) in [5.41, 5.74) is 2.65. The Bertz CT molecular complexity index is 936. The van der Waals surface area contributed by atoms with Crippen LogP contribution >= 0.6 is 34.8 Å². The molecular formula is C19H16Cl3N3O. The fourth-order valence-corrected chi connectivity index (χ4v) is 2.98. The highest BCUT2D eigenvalue weighted by Gasteiger charge is 2.13. The van der Waals surface area contributed by atoms with Gasteiger partial charge in [0.1, 0.15) is 5.02 Å². The first-order valence-corrected chi connectivity index (χ1v) is 9.17. The molecule has 26 heavy (non-hydrogen) atoms. The summed E-state index contributed by atoms with van der Waals surface area (Å²) in [4.78, 5) is 12.4. The number of rotatable bonds is 5. The van der Waals surface area contributed by atoms with Crippen LogP contribution in [0.1, 0.15) is 28.4 Å². The normalized spacial score (nSPS) is 10.8. The number of amides is 1. The molecule has 0 spiro atoms. The third-order valence-electron chi connectivity index (χ3n) is 3.90. The highest BCUT2D eigenvalue weighted by Crippen LogP contribution is 2.24. The molecule has 0 fully saturated rings. The van der Waals surface area contributed by atoms with Crippen molar-refractivity contribution in [2.24, 2.45) is 0 Å². The standard InChI is InChI=1S/C19H16Cl3N3O/c1-2-12-3-6-14(7-4-12)19(26)23-18-17(22)11-25(24-18)10-13-5-8-15(20)16(21)9-13/h3-9,11H,2,10H2,1H3,(H,23,24,26). The molecule has 0 aliphatic heterocycles. The molecule has 1 heterocycles. The van der Waals surface area contributed by atoms with Crippen LogP contribution in [0.25, 0.3) is 0 Å². The van der Waals surface area contributed by atoms with Gasteiger partial charge in [0.05, 0.1) is 16.6 Å². The van der Waals surface area contributed by atoms with Gasteiger partial charge in [0.15, 0.2) is 5.82 Å². The van der Waals surface area contributed by atoms with E-state index in [1.165, 1.54) is 5.56 Å². The van der Waals surface area contributed by atoms with Crippen LogP contribution in [-0.2, 0) is 13.0 Å². The Hall–Kier alpha value is -2.01. The third kappa shape index (κ3) is 4.39. The van der Waals surface area contributed by atoms with Gasteiger partial charge in [0, 0.05) is 11.8 Å². The zero-order valence-electron chi connectivity index (χ0n) is 14.0. The van der Waals surface area contributed by atoms with E-state index in [1.807, 2.05) is 18.2 Å². The Balaban J connectivity index is 1.72. The van der Waals surface area contributed by atoms with Crippen LogP contribution in [0.3, 0.4) is 0 Å². The summed E-state index contributed by atoms with van der Waals surface area (Å²) < 4.78 is 1.64. The molecule has 0 saturated heterocycles. The van der Waals surface area contributed by atoms with Crippen LogP contribution in [-0.4, -0.2) is 15.7 Å². The van der Waals surface area contributed by atoms with E-state index in [9.17, 15) is 4.79 Å². The van der Waals surface area contributed by atoms with Crippen LogP contribution in [0, 0.1) is 0 Å². The van der Waals surface area contributed by atoms with Crippen LogP contribution in [0.4, 0.5) is 5.82 Å². The summed E-state index contributed by atoms with van der Waals surface area (Å²) in [6.07, 6.45) is 2.58. The van der Waals surface area contributed by atoms with E-state index in [4.69, 9.17) is 34.8 Å². The van der Waals surface area contributed by atoms with Gasteiger partial charge in [-0.1, -0.05) is 59.9 Å². The number of carbonyl (C=O) groups excluding carboxylic acids is 1. The van der Waals surface area contributed by atoms with Gasteiger partial charge in [-0.25, -0.2) is 0 Å². The lowest BCUT2D eigenvalue weighted by Crippen LogP contribution is -2.13. The van der Waals surface area contributed by atoms with Gasteiger partial charge in [0.2, 0.25) is 0 Å². The minimum absolute atomic E-state index is 0.255. The molecule has 7 heteroatoms. The van der Waals surface area contributed by atoms with Gasteiger partial charge in [-0.2, -0.15) is 5.10 Å². The fourth-order valence-electron chi connectivity index (χ4n) is 2.46. The number of nitrogens with zero attached hydrogens (tertiary/aromatic N) is 2. The second-order valence-corrected chi connectivity index (χ2v) is 7.00. The Morgan fingerprint density at radius 3 is 2.35 bits per heavy atom. The van der Waals surface area contributed by atoms with E-state index in [0.29, 0.717) is 33.0 Å². The van der Waals surface area contributed by atoms with Gasteiger partial charge < -0.3 is 5.32 Å². The SMILES string of the molecule is CCc1ccc(C(=O)Nc2nn(Cc3ccc(Cl)c(Cl)c3)cc2Cl)cc1. The second kappa shape index (κ2) is 8.12. The van der Waals surface area contributed by atoms with E-state index >= 15 is 0 Å². The number of hydrogen-bond donors (Lipinski definition) is 1. The quantitative estimate of drug-likeness (QED) is 0.588.